The molecule has 0 amide bonds. The second-order valence-electron chi connectivity index (χ2n) is 2.37. The molecule has 0 heterocycles. The number of methoxy groups -OCH3 is 1. The van der Waals surface area contributed by atoms with Crippen molar-refractivity contribution < 1.29 is 14.3 Å². The van der Waals surface area contributed by atoms with Crippen molar-refractivity contribution in [1.29, 1.82) is 0 Å². The fourth-order valence-corrected chi connectivity index (χ4v) is 0.705. The molecule has 0 aromatic carbocycles. The second-order valence-corrected chi connectivity index (χ2v) is 2.37. The SMILES string of the molecule is C#CC(COC)OC(=[OH+])CCC. The fraction of sp³-hybridized carbons (Fsp3) is 0.667. The minimum atomic E-state index is -0.485. The Balaban J connectivity index is 3.71. The van der Waals surface area contributed by atoms with Crippen molar-refractivity contribution in [3.63, 3.8) is 0 Å². The van der Waals surface area contributed by atoms with Gasteiger partial charge >= 0.3 is 5.97 Å². The molecule has 1 atom stereocenters. The van der Waals surface area contributed by atoms with Gasteiger partial charge in [-0.3, -0.25) is 0 Å². The van der Waals surface area contributed by atoms with Crippen molar-refractivity contribution in [3.8, 4) is 12.3 Å². The van der Waals surface area contributed by atoms with E-state index in [0.717, 1.165) is 6.42 Å². The Morgan fingerprint density at radius 2 is 2.33 bits per heavy atom. The van der Waals surface area contributed by atoms with E-state index in [-0.39, 0.29) is 5.97 Å². The molecule has 1 N–H and O–H groups in total. The first-order valence-corrected chi connectivity index (χ1v) is 3.91. The lowest BCUT2D eigenvalue weighted by molar-refractivity contribution is 0.0964. The molecule has 0 rings (SSSR count). The normalized spacial score (nSPS) is 11.8. The summed E-state index contributed by atoms with van der Waals surface area (Å²) in [6.07, 6.45) is 5.98. The molecule has 0 saturated carbocycles. The molecule has 0 saturated heterocycles. The molecule has 1 unspecified atom stereocenters. The molecule has 0 aliphatic rings. The van der Waals surface area contributed by atoms with Gasteiger partial charge in [0.05, 0.1) is 0 Å². The zero-order valence-corrected chi connectivity index (χ0v) is 7.54. The van der Waals surface area contributed by atoms with Gasteiger partial charge in [0.25, 0.3) is 6.10 Å². The molecular weight excluding hydrogens is 156 g/mol. The number of rotatable bonds is 5. The lowest BCUT2D eigenvalue weighted by Crippen LogP contribution is -2.21. The van der Waals surface area contributed by atoms with Gasteiger partial charge in [0.2, 0.25) is 0 Å². The van der Waals surface area contributed by atoms with E-state index in [2.05, 4.69) is 5.92 Å². The van der Waals surface area contributed by atoms with E-state index in [0.29, 0.717) is 13.0 Å². The van der Waals surface area contributed by atoms with Crippen molar-refractivity contribution in [2.45, 2.75) is 25.9 Å². The van der Waals surface area contributed by atoms with Crippen LogP contribution in [-0.4, -0.2) is 30.6 Å². The average Bonchev–Trinajstić information content (AvgIpc) is 2.04. The highest BCUT2D eigenvalue weighted by Crippen LogP contribution is 1.96. The second kappa shape index (κ2) is 6.68. The maximum atomic E-state index is 9.12. The summed E-state index contributed by atoms with van der Waals surface area (Å²) in [4.78, 5) is 9.12. The molecule has 3 nitrogen and oxygen atoms in total. The van der Waals surface area contributed by atoms with Crippen LogP contribution in [0.1, 0.15) is 19.8 Å². The molecule has 0 aliphatic carbocycles. The summed E-state index contributed by atoms with van der Waals surface area (Å²) < 4.78 is 9.77. The zero-order valence-electron chi connectivity index (χ0n) is 7.54. The van der Waals surface area contributed by atoms with Crippen LogP contribution >= 0.6 is 0 Å². The number of hydrogen-bond acceptors (Lipinski definition) is 2. The number of esters is 1. The quantitative estimate of drug-likeness (QED) is 0.351. The summed E-state index contributed by atoms with van der Waals surface area (Å²) in [5, 5.41) is 0. The molecule has 0 fully saturated rings. The van der Waals surface area contributed by atoms with Crippen LogP contribution in [0.4, 0.5) is 0 Å². The lowest BCUT2D eigenvalue weighted by atomic mass is 10.3. The number of carbonyl (C=O) groups excluding carboxylic acids is 1. The Bertz CT molecular complexity index is 169. The van der Waals surface area contributed by atoms with Crippen molar-refractivity contribution in [2.24, 2.45) is 0 Å². The van der Waals surface area contributed by atoms with Crippen LogP contribution in [0.2, 0.25) is 0 Å². The maximum Gasteiger partial charge on any atom is 0.483 e. The van der Waals surface area contributed by atoms with Crippen LogP contribution in [0.5, 0.6) is 0 Å². The Kier molecular flexibility index (Phi) is 6.12. The van der Waals surface area contributed by atoms with E-state index in [1.807, 2.05) is 6.92 Å². The summed E-state index contributed by atoms with van der Waals surface area (Å²) in [6, 6.07) is 0. The molecule has 0 aromatic rings. The first kappa shape index (κ1) is 11.0. The molecule has 0 spiro atoms. The van der Waals surface area contributed by atoms with E-state index in [1.165, 1.54) is 7.11 Å². The van der Waals surface area contributed by atoms with E-state index in [9.17, 15) is 0 Å². The Hall–Kier alpha value is -1.01. The lowest BCUT2D eigenvalue weighted by Gasteiger charge is -2.02. The minimum absolute atomic E-state index is 0.0162. The van der Waals surface area contributed by atoms with Gasteiger partial charge in [-0.05, 0) is 12.3 Å². The molecule has 0 aromatic heterocycles. The smallest absolute Gasteiger partial charge is 0.377 e. The summed E-state index contributed by atoms with van der Waals surface area (Å²) in [6.45, 7) is 2.24. The average molecular weight is 171 g/mol. The topological polar surface area (TPSA) is 39.9 Å². The maximum absolute atomic E-state index is 9.12. The standard InChI is InChI=1S/C9H14O3/c1-4-6-9(10)12-8(5-2)7-11-3/h2,8H,4,6-7H2,1,3H3/p+1. The predicted octanol–water partition coefficient (Wildman–Crippen LogP) is 0.954. The molecule has 0 aliphatic heterocycles. The highest BCUT2D eigenvalue weighted by Gasteiger charge is 2.18. The van der Waals surface area contributed by atoms with Gasteiger partial charge in [0.1, 0.15) is 13.0 Å². The predicted molar refractivity (Wildman–Crippen MR) is 47.4 cm³/mol. The first-order valence-electron chi connectivity index (χ1n) is 3.91. The summed E-state index contributed by atoms with van der Waals surface area (Å²) in [7, 11) is 1.53. The monoisotopic (exact) mass is 171 g/mol. The summed E-state index contributed by atoms with van der Waals surface area (Å²) >= 11 is 0. The Morgan fingerprint density at radius 3 is 2.75 bits per heavy atom. The third kappa shape index (κ3) is 4.75. The summed E-state index contributed by atoms with van der Waals surface area (Å²) in [5.74, 6) is 2.35. The Labute approximate surface area is 73.0 Å². The number of terminal acetylenes is 1. The van der Waals surface area contributed by atoms with Crippen LogP contribution in [0, 0.1) is 12.3 Å². The molecule has 68 valence electrons. The fourth-order valence-electron chi connectivity index (χ4n) is 0.705. The minimum Gasteiger partial charge on any atom is -0.377 e. The third-order valence-electron chi connectivity index (χ3n) is 1.25. The van der Waals surface area contributed by atoms with Crippen molar-refractivity contribution in [1.82, 2.24) is 0 Å². The molecular formula is C9H15O3+. The van der Waals surface area contributed by atoms with E-state index in [4.69, 9.17) is 20.7 Å². The first-order chi connectivity index (χ1) is 5.74. The molecule has 0 radical (unpaired) electrons. The van der Waals surface area contributed by atoms with Crippen molar-refractivity contribution in [3.05, 3.63) is 0 Å². The van der Waals surface area contributed by atoms with Gasteiger partial charge in [0, 0.05) is 7.11 Å². The van der Waals surface area contributed by atoms with Gasteiger partial charge in [-0.1, -0.05) is 6.92 Å². The van der Waals surface area contributed by atoms with E-state index >= 15 is 0 Å². The summed E-state index contributed by atoms with van der Waals surface area (Å²) in [5.41, 5.74) is 0. The van der Waals surface area contributed by atoms with Gasteiger partial charge in [-0.15, -0.1) is 6.42 Å². The van der Waals surface area contributed by atoms with Crippen LogP contribution in [0.15, 0.2) is 0 Å². The van der Waals surface area contributed by atoms with E-state index in [1.54, 1.807) is 0 Å². The largest absolute Gasteiger partial charge is 0.483 e. The van der Waals surface area contributed by atoms with E-state index < -0.39 is 6.10 Å². The van der Waals surface area contributed by atoms with Crippen molar-refractivity contribution in [2.75, 3.05) is 13.7 Å². The number of ether oxygens (including phenoxy) is 2. The van der Waals surface area contributed by atoms with Crippen LogP contribution in [-0.2, 0) is 9.47 Å². The van der Waals surface area contributed by atoms with Gasteiger partial charge in [0.15, 0.2) is 0 Å². The van der Waals surface area contributed by atoms with Gasteiger partial charge in [-0.2, -0.15) is 0 Å². The highest BCUT2D eigenvalue weighted by atomic mass is 16.6. The molecule has 12 heavy (non-hydrogen) atoms. The van der Waals surface area contributed by atoms with Crippen molar-refractivity contribution >= 4 is 5.97 Å². The van der Waals surface area contributed by atoms with Crippen LogP contribution in [0.25, 0.3) is 0 Å². The zero-order chi connectivity index (χ0) is 9.40. The van der Waals surface area contributed by atoms with Crippen LogP contribution < -0.4 is 0 Å². The molecule has 3 heteroatoms. The number of hydrogen-bond donors (Lipinski definition) is 0. The highest BCUT2D eigenvalue weighted by molar-refractivity contribution is 5.70. The Morgan fingerprint density at radius 1 is 1.67 bits per heavy atom. The molecule has 0 bridgehead atoms. The third-order valence-corrected chi connectivity index (χ3v) is 1.25. The van der Waals surface area contributed by atoms with Gasteiger partial charge < -0.3 is 14.3 Å². The van der Waals surface area contributed by atoms with Crippen LogP contribution in [0.3, 0.4) is 0 Å². The van der Waals surface area contributed by atoms with Gasteiger partial charge in [-0.25, -0.2) is 0 Å².